The number of unbranched alkanes of at least 4 members (excludes halogenated alkanes) is 1. The Balaban J connectivity index is 2.82. The molecule has 0 amide bonds. The Morgan fingerprint density at radius 3 is 2.67 bits per heavy atom. The van der Waals surface area contributed by atoms with Gasteiger partial charge in [0.2, 0.25) is 10.0 Å². The zero-order valence-corrected chi connectivity index (χ0v) is 10.1. The van der Waals surface area contributed by atoms with E-state index >= 15 is 0 Å². The molecule has 0 atom stereocenters. The number of aryl methyl sites for hydroxylation is 1. The van der Waals surface area contributed by atoms with Gasteiger partial charge in [0.1, 0.15) is 4.90 Å². The van der Waals surface area contributed by atoms with Crippen LogP contribution in [0.4, 0.5) is 0 Å². The molecule has 0 radical (unpaired) electrons. The zero-order valence-electron chi connectivity index (χ0n) is 9.32. The van der Waals surface area contributed by atoms with Gasteiger partial charge in [-0.3, -0.25) is 4.68 Å². The first-order valence-corrected chi connectivity index (χ1v) is 6.45. The SMILES string of the molecule is CCCCNS(=O)(=O)c1cnn(C)c1C. The Hall–Kier alpha value is -0.880. The number of nitrogens with one attached hydrogen (secondary N) is 1. The molecule has 15 heavy (non-hydrogen) atoms. The highest BCUT2D eigenvalue weighted by Gasteiger charge is 2.18. The van der Waals surface area contributed by atoms with E-state index in [0.29, 0.717) is 12.2 Å². The number of hydrogen-bond acceptors (Lipinski definition) is 3. The molecule has 0 saturated carbocycles. The molecule has 6 heteroatoms. The van der Waals surface area contributed by atoms with Gasteiger partial charge in [0, 0.05) is 13.6 Å². The van der Waals surface area contributed by atoms with E-state index in [0.717, 1.165) is 12.8 Å². The molecule has 0 fully saturated rings. The van der Waals surface area contributed by atoms with Crippen molar-refractivity contribution in [1.82, 2.24) is 14.5 Å². The van der Waals surface area contributed by atoms with Gasteiger partial charge in [0.05, 0.1) is 11.9 Å². The van der Waals surface area contributed by atoms with E-state index in [-0.39, 0.29) is 4.90 Å². The minimum Gasteiger partial charge on any atom is -0.272 e. The maximum Gasteiger partial charge on any atom is 0.243 e. The van der Waals surface area contributed by atoms with Crippen LogP contribution in [-0.4, -0.2) is 24.7 Å². The highest BCUT2D eigenvalue weighted by molar-refractivity contribution is 7.89. The summed E-state index contributed by atoms with van der Waals surface area (Å²) in [5, 5.41) is 3.91. The summed E-state index contributed by atoms with van der Waals surface area (Å²) in [6, 6.07) is 0. The first-order chi connectivity index (χ1) is 6.99. The monoisotopic (exact) mass is 231 g/mol. The van der Waals surface area contributed by atoms with Crippen LogP contribution < -0.4 is 4.72 Å². The lowest BCUT2D eigenvalue weighted by Gasteiger charge is -2.04. The fourth-order valence-corrected chi connectivity index (χ4v) is 2.48. The maximum atomic E-state index is 11.8. The van der Waals surface area contributed by atoms with Crippen LogP contribution in [0.1, 0.15) is 25.5 Å². The van der Waals surface area contributed by atoms with Gasteiger partial charge in [0.15, 0.2) is 0 Å². The van der Waals surface area contributed by atoms with Crippen molar-refractivity contribution in [3.05, 3.63) is 11.9 Å². The molecule has 1 aromatic heterocycles. The second-order valence-electron chi connectivity index (χ2n) is 3.47. The average Bonchev–Trinajstić information content (AvgIpc) is 2.48. The van der Waals surface area contributed by atoms with Gasteiger partial charge in [-0.25, -0.2) is 13.1 Å². The number of aromatic nitrogens is 2. The lowest BCUT2D eigenvalue weighted by Crippen LogP contribution is -2.25. The summed E-state index contributed by atoms with van der Waals surface area (Å²) in [7, 11) is -1.65. The van der Waals surface area contributed by atoms with Crippen molar-refractivity contribution in [3.8, 4) is 0 Å². The van der Waals surface area contributed by atoms with Gasteiger partial charge in [-0.15, -0.1) is 0 Å². The summed E-state index contributed by atoms with van der Waals surface area (Å²) in [5.74, 6) is 0. The first-order valence-electron chi connectivity index (χ1n) is 4.97. The van der Waals surface area contributed by atoms with E-state index in [4.69, 9.17) is 0 Å². The van der Waals surface area contributed by atoms with Gasteiger partial charge < -0.3 is 0 Å². The highest BCUT2D eigenvalue weighted by Crippen LogP contribution is 2.12. The number of hydrogen-bond donors (Lipinski definition) is 1. The van der Waals surface area contributed by atoms with E-state index in [9.17, 15) is 8.42 Å². The molecule has 0 aliphatic carbocycles. The van der Waals surface area contributed by atoms with Crippen LogP contribution >= 0.6 is 0 Å². The summed E-state index contributed by atoms with van der Waals surface area (Å²) >= 11 is 0. The van der Waals surface area contributed by atoms with Gasteiger partial charge in [0.25, 0.3) is 0 Å². The standard InChI is InChI=1S/C9H17N3O2S/c1-4-5-6-11-15(13,14)9-7-10-12(3)8(9)2/h7,11H,4-6H2,1-3H3. The molecule has 1 aromatic rings. The largest absolute Gasteiger partial charge is 0.272 e. The summed E-state index contributed by atoms with van der Waals surface area (Å²) in [6.45, 7) is 4.23. The van der Waals surface area contributed by atoms with Gasteiger partial charge in [-0.1, -0.05) is 13.3 Å². The smallest absolute Gasteiger partial charge is 0.243 e. The molecule has 1 heterocycles. The van der Waals surface area contributed by atoms with Crippen LogP contribution in [0.25, 0.3) is 0 Å². The Labute approximate surface area is 90.5 Å². The van der Waals surface area contributed by atoms with E-state index in [2.05, 4.69) is 9.82 Å². The van der Waals surface area contributed by atoms with E-state index in [1.807, 2.05) is 6.92 Å². The molecular weight excluding hydrogens is 214 g/mol. The highest BCUT2D eigenvalue weighted by atomic mass is 32.2. The van der Waals surface area contributed by atoms with Crippen molar-refractivity contribution < 1.29 is 8.42 Å². The Morgan fingerprint density at radius 1 is 1.53 bits per heavy atom. The third-order valence-electron chi connectivity index (χ3n) is 2.30. The predicted octanol–water partition coefficient (Wildman–Crippen LogP) is 0.807. The number of sulfonamides is 1. The van der Waals surface area contributed by atoms with Crippen LogP contribution in [-0.2, 0) is 17.1 Å². The second-order valence-corrected chi connectivity index (χ2v) is 5.20. The molecule has 0 aromatic carbocycles. The summed E-state index contributed by atoms with van der Waals surface area (Å²) < 4.78 is 27.7. The van der Waals surface area contributed by atoms with Crippen molar-refractivity contribution in [2.24, 2.45) is 7.05 Å². The van der Waals surface area contributed by atoms with Gasteiger partial charge >= 0.3 is 0 Å². The second kappa shape index (κ2) is 4.76. The minimum atomic E-state index is -3.38. The van der Waals surface area contributed by atoms with Crippen LogP contribution in [0.15, 0.2) is 11.1 Å². The molecular formula is C9H17N3O2S. The first kappa shape index (κ1) is 12.2. The fraction of sp³-hybridized carbons (Fsp3) is 0.667. The third kappa shape index (κ3) is 2.79. The molecule has 1 N–H and O–H groups in total. The Kier molecular flexibility index (Phi) is 3.87. The third-order valence-corrected chi connectivity index (χ3v) is 3.87. The molecule has 5 nitrogen and oxygen atoms in total. The number of nitrogens with zero attached hydrogens (tertiary/aromatic N) is 2. The van der Waals surface area contributed by atoms with Crippen LogP contribution in [0.5, 0.6) is 0 Å². The summed E-state index contributed by atoms with van der Waals surface area (Å²) in [4.78, 5) is 0.265. The average molecular weight is 231 g/mol. The van der Waals surface area contributed by atoms with Crippen LogP contribution in [0.2, 0.25) is 0 Å². The zero-order chi connectivity index (χ0) is 11.5. The van der Waals surface area contributed by atoms with E-state index < -0.39 is 10.0 Å². The summed E-state index contributed by atoms with van der Waals surface area (Å²) in [5.41, 5.74) is 0.652. The van der Waals surface area contributed by atoms with Gasteiger partial charge in [-0.05, 0) is 13.3 Å². The predicted molar refractivity (Wildman–Crippen MR) is 58.0 cm³/mol. The molecule has 86 valence electrons. The minimum absolute atomic E-state index is 0.265. The molecule has 0 bridgehead atoms. The van der Waals surface area contributed by atoms with Crippen molar-refractivity contribution >= 4 is 10.0 Å². The van der Waals surface area contributed by atoms with Crippen molar-refractivity contribution in [3.63, 3.8) is 0 Å². The van der Waals surface area contributed by atoms with Crippen molar-refractivity contribution in [1.29, 1.82) is 0 Å². The molecule has 0 spiro atoms. The molecule has 0 unspecified atom stereocenters. The molecule has 0 aliphatic heterocycles. The maximum absolute atomic E-state index is 11.8. The molecule has 0 saturated heterocycles. The van der Waals surface area contributed by atoms with E-state index in [1.165, 1.54) is 6.20 Å². The van der Waals surface area contributed by atoms with Gasteiger partial charge in [-0.2, -0.15) is 5.10 Å². The lowest BCUT2D eigenvalue weighted by atomic mass is 10.3. The lowest BCUT2D eigenvalue weighted by molar-refractivity contribution is 0.577. The van der Waals surface area contributed by atoms with Crippen molar-refractivity contribution in [2.75, 3.05) is 6.54 Å². The van der Waals surface area contributed by atoms with Crippen LogP contribution in [0.3, 0.4) is 0 Å². The fourth-order valence-electron chi connectivity index (χ4n) is 1.20. The van der Waals surface area contributed by atoms with Crippen molar-refractivity contribution in [2.45, 2.75) is 31.6 Å². The molecule has 1 rings (SSSR count). The summed E-state index contributed by atoms with van der Waals surface area (Å²) in [6.07, 6.45) is 3.19. The van der Waals surface area contributed by atoms with E-state index in [1.54, 1.807) is 18.7 Å². The number of rotatable bonds is 5. The van der Waals surface area contributed by atoms with Crippen LogP contribution in [0, 0.1) is 6.92 Å². The Bertz CT molecular complexity index is 423. The topological polar surface area (TPSA) is 64.0 Å². The normalized spacial score (nSPS) is 11.9. The molecule has 0 aliphatic rings. The quantitative estimate of drug-likeness (QED) is 0.763. The Morgan fingerprint density at radius 2 is 2.20 bits per heavy atom.